The van der Waals surface area contributed by atoms with Gasteiger partial charge in [-0.25, -0.2) is 13.1 Å². The molecule has 1 unspecified atom stereocenters. The van der Waals surface area contributed by atoms with E-state index in [0.717, 1.165) is 36.4 Å². The first kappa shape index (κ1) is 28.1. The third kappa shape index (κ3) is 8.25. The Labute approximate surface area is 204 Å². The lowest BCUT2D eigenvalue weighted by Gasteiger charge is -2.21. The maximum atomic E-state index is 12.9. The second kappa shape index (κ2) is 13.7. The van der Waals surface area contributed by atoms with Crippen LogP contribution >= 0.6 is 0 Å². The van der Waals surface area contributed by atoms with Crippen molar-refractivity contribution < 1.29 is 24.1 Å². The van der Waals surface area contributed by atoms with E-state index in [0.29, 0.717) is 11.8 Å². The molecule has 0 radical (unpaired) electrons. The first-order valence-corrected chi connectivity index (χ1v) is 13.9. The molecule has 1 aliphatic carbocycles. The number of carboxylic acids is 1. The van der Waals surface area contributed by atoms with Crippen LogP contribution in [0.15, 0.2) is 41.3 Å². The number of hydrogen-bond acceptors (Lipinski definition) is 5. The molecule has 1 atom stereocenters. The number of rotatable bonds is 10. The Bertz CT molecular complexity index is 1020. The number of aliphatic carboxylic acids is 1. The van der Waals surface area contributed by atoms with Crippen molar-refractivity contribution >= 4 is 32.5 Å². The Kier molecular flexibility index (Phi) is 11.3. The number of anilines is 1. The van der Waals surface area contributed by atoms with Crippen molar-refractivity contribution in [3.8, 4) is 0 Å². The summed E-state index contributed by atoms with van der Waals surface area (Å²) >= 11 is 0. The third-order valence-electron chi connectivity index (χ3n) is 6.28. The number of quaternary nitrogens is 1. The standard InChI is InChI=1S/C20H28N2O4S.C6H13N/c1-4-5-6-7-12-17(20(23)24)21-27(25,26)19-14-9-10-15-16(19)11-8-13-18(15)22(2)3;7-6-4-2-1-3-5-6/h8-11,13-14,17,21H,4-7,12H2,1-3H3,(H,23,24);6H,1-5,7H2. The van der Waals surface area contributed by atoms with E-state index < -0.39 is 22.0 Å². The van der Waals surface area contributed by atoms with Gasteiger partial charge < -0.3 is 20.5 Å². The van der Waals surface area contributed by atoms with Crippen LogP contribution in [0.4, 0.5) is 5.69 Å². The Hall–Kier alpha value is -2.16. The van der Waals surface area contributed by atoms with Gasteiger partial charge in [0.25, 0.3) is 0 Å². The Morgan fingerprint density at radius 2 is 1.71 bits per heavy atom. The van der Waals surface area contributed by atoms with Gasteiger partial charge in [0, 0.05) is 30.6 Å². The minimum Gasteiger partial charge on any atom is -0.548 e. The molecule has 1 fully saturated rings. The van der Waals surface area contributed by atoms with Gasteiger partial charge in [-0.1, -0.05) is 63.3 Å². The lowest BCUT2D eigenvalue weighted by atomic mass is 9.97. The molecule has 0 bridgehead atoms. The zero-order valence-electron chi connectivity index (χ0n) is 20.9. The van der Waals surface area contributed by atoms with Crippen molar-refractivity contribution in [2.24, 2.45) is 0 Å². The van der Waals surface area contributed by atoms with Gasteiger partial charge >= 0.3 is 0 Å². The van der Waals surface area contributed by atoms with Gasteiger partial charge in [-0.3, -0.25) is 0 Å². The summed E-state index contributed by atoms with van der Waals surface area (Å²) in [4.78, 5) is 13.4. The molecule has 0 heterocycles. The molecule has 1 saturated carbocycles. The zero-order valence-corrected chi connectivity index (χ0v) is 21.7. The van der Waals surface area contributed by atoms with Gasteiger partial charge in [0.1, 0.15) is 0 Å². The average Bonchev–Trinajstić information content (AvgIpc) is 2.81. The number of nitrogens with zero attached hydrogens (tertiary/aromatic N) is 1. The highest BCUT2D eigenvalue weighted by molar-refractivity contribution is 7.89. The predicted octanol–water partition coefficient (Wildman–Crippen LogP) is 2.83. The van der Waals surface area contributed by atoms with E-state index in [1.165, 1.54) is 38.2 Å². The maximum Gasteiger partial charge on any atom is 0.241 e. The highest BCUT2D eigenvalue weighted by atomic mass is 32.2. The van der Waals surface area contributed by atoms with Gasteiger partial charge in [0.15, 0.2) is 0 Å². The Morgan fingerprint density at radius 3 is 2.26 bits per heavy atom. The Morgan fingerprint density at radius 1 is 1.06 bits per heavy atom. The van der Waals surface area contributed by atoms with Crippen LogP contribution in [0, 0.1) is 0 Å². The van der Waals surface area contributed by atoms with Gasteiger partial charge in [0.05, 0.1) is 22.9 Å². The fourth-order valence-electron chi connectivity index (χ4n) is 4.33. The molecule has 0 aromatic heterocycles. The van der Waals surface area contributed by atoms with Crippen LogP contribution in [0.5, 0.6) is 0 Å². The smallest absolute Gasteiger partial charge is 0.241 e. The molecule has 0 aliphatic heterocycles. The summed E-state index contributed by atoms with van der Waals surface area (Å²) in [6.07, 6.45) is 10.8. The molecule has 0 saturated heterocycles. The third-order valence-corrected chi connectivity index (χ3v) is 7.81. The summed E-state index contributed by atoms with van der Waals surface area (Å²) < 4.78 is 28.2. The topological polar surface area (TPSA) is 117 Å². The second-order valence-electron chi connectivity index (χ2n) is 9.37. The van der Waals surface area contributed by atoms with Gasteiger partial charge in [0.2, 0.25) is 10.0 Å². The van der Waals surface area contributed by atoms with Crippen LogP contribution in [0.3, 0.4) is 0 Å². The highest BCUT2D eigenvalue weighted by Gasteiger charge is 2.23. The van der Waals surface area contributed by atoms with Crippen LogP contribution in [0.1, 0.15) is 71.1 Å². The van der Waals surface area contributed by atoms with Crippen molar-refractivity contribution in [3.63, 3.8) is 0 Å². The Balaban J connectivity index is 0.000000497. The van der Waals surface area contributed by atoms with Crippen molar-refractivity contribution in [3.05, 3.63) is 36.4 Å². The largest absolute Gasteiger partial charge is 0.548 e. The van der Waals surface area contributed by atoms with E-state index in [2.05, 4.69) is 17.4 Å². The minimum absolute atomic E-state index is 0.0727. The summed E-state index contributed by atoms with van der Waals surface area (Å²) in [5.74, 6) is -1.40. The molecule has 1 aliphatic rings. The van der Waals surface area contributed by atoms with Crippen LogP contribution in [0.25, 0.3) is 10.8 Å². The van der Waals surface area contributed by atoms with E-state index in [4.69, 9.17) is 0 Å². The predicted molar refractivity (Wildman–Crippen MR) is 136 cm³/mol. The molecule has 2 aromatic carbocycles. The molecule has 8 heteroatoms. The van der Waals surface area contributed by atoms with Gasteiger partial charge in [-0.2, -0.15) is 0 Å². The van der Waals surface area contributed by atoms with E-state index in [1.807, 2.05) is 31.1 Å². The maximum absolute atomic E-state index is 12.9. The molecule has 3 rings (SSSR count). The number of unbranched alkanes of at least 4 members (excludes halogenated alkanes) is 3. The molecule has 34 heavy (non-hydrogen) atoms. The number of hydrogen-bond donors (Lipinski definition) is 2. The molecule has 0 amide bonds. The molecular weight excluding hydrogens is 450 g/mol. The molecule has 7 nitrogen and oxygen atoms in total. The normalized spacial score (nSPS) is 15.4. The summed E-state index contributed by atoms with van der Waals surface area (Å²) in [6.45, 7) is 2.06. The molecule has 0 spiro atoms. The number of nitrogens with one attached hydrogen (secondary N) is 1. The quantitative estimate of drug-likeness (QED) is 0.496. The molecule has 4 N–H and O–H groups in total. The van der Waals surface area contributed by atoms with Crippen LogP contribution in [-0.2, 0) is 14.8 Å². The van der Waals surface area contributed by atoms with Crippen LogP contribution < -0.4 is 20.5 Å². The van der Waals surface area contributed by atoms with Crippen LogP contribution in [-0.4, -0.2) is 40.6 Å². The molecule has 2 aromatic rings. The summed E-state index contributed by atoms with van der Waals surface area (Å²) in [5, 5.41) is 12.8. The monoisotopic (exact) mass is 491 g/mol. The number of carbonyl (C=O) groups excluding carboxylic acids is 1. The fraction of sp³-hybridized carbons (Fsp3) is 0.577. The zero-order chi connectivity index (χ0) is 25.1. The first-order chi connectivity index (χ1) is 16.2. The highest BCUT2D eigenvalue weighted by Crippen LogP contribution is 2.30. The number of carboxylic acid groups (broad SMARTS) is 1. The van der Waals surface area contributed by atoms with E-state index >= 15 is 0 Å². The summed E-state index contributed by atoms with van der Waals surface area (Å²) in [5.41, 5.74) is 4.89. The van der Waals surface area contributed by atoms with Crippen molar-refractivity contribution in [1.29, 1.82) is 0 Å². The van der Waals surface area contributed by atoms with Crippen LogP contribution in [0.2, 0.25) is 0 Å². The molecule has 190 valence electrons. The number of benzene rings is 2. The first-order valence-electron chi connectivity index (χ1n) is 12.4. The summed E-state index contributed by atoms with van der Waals surface area (Å²) in [7, 11) is -0.235. The van der Waals surface area contributed by atoms with E-state index in [9.17, 15) is 18.3 Å². The van der Waals surface area contributed by atoms with Crippen molar-refractivity contribution in [2.75, 3.05) is 19.0 Å². The van der Waals surface area contributed by atoms with Gasteiger partial charge in [-0.05, 0) is 44.2 Å². The number of fused-ring (bicyclic) bond motifs is 1. The fourth-order valence-corrected chi connectivity index (χ4v) is 5.77. The van der Waals surface area contributed by atoms with Crippen molar-refractivity contribution in [2.45, 2.75) is 88.1 Å². The van der Waals surface area contributed by atoms with E-state index in [1.54, 1.807) is 18.2 Å². The lowest BCUT2D eigenvalue weighted by Crippen LogP contribution is -2.61. The van der Waals surface area contributed by atoms with Crippen molar-refractivity contribution in [1.82, 2.24) is 4.72 Å². The number of carbonyl (C=O) groups is 1. The second-order valence-corrected chi connectivity index (χ2v) is 11.1. The lowest BCUT2D eigenvalue weighted by molar-refractivity contribution is -0.425. The minimum atomic E-state index is -4.01. The summed E-state index contributed by atoms with van der Waals surface area (Å²) in [6, 6.07) is 9.98. The number of sulfonamides is 1. The average molecular weight is 492 g/mol. The van der Waals surface area contributed by atoms with E-state index in [-0.39, 0.29) is 11.3 Å². The van der Waals surface area contributed by atoms with Gasteiger partial charge in [-0.15, -0.1) is 0 Å². The SMILES string of the molecule is CCCCCCC(NS(=O)(=O)c1cccc2c(N(C)C)cccc12)C(=O)[O-].[NH3+]C1CCCCC1. The molecular formula is C26H41N3O4S.